The Hall–Kier alpha value is -3.07. The normalized spacial score (nSPS) is 15.5. The van der Waals surface area contributed by atoms with Crippen LogP contribution in [0, 0.1) is 5.41 Å². The summed E-state index contributed by atoms with van der Waals surface area (Å²) >= 11 is 0. The van der Waals surface area contributed by atoms with Crippen molar-refractivity contribution in [3.63, 3.8) is 0 Å². The standard InChI is InChI=1S/C19H21N3O5S/c1-12(23)20-13-4-7-15(8-5-13)28(25,26)22-14-6-9-17-16(10-14)21-18(24)19(2,3)11-27-17/h4-10,22H,11H2,1-3H3,(H,20,23)(H,21,24). The van der Waals surface area contributed by atoms with Crippen molar-refractivity contribution in [1.29, 1.82) is 0 Å². The van der Waals surface area contributed by atoms with E-state index in [2.05, 4.69) is 15.4 Å². The van der Waals surface area contributed by atoms with E-state index < -0.39 is 15.4 Å². The highest BCUT2D eigenvalue weighted by atomic mass is 32.2. The van der Waals surface area contributed by atoms with Crippen molar-refractivity contribution in [2.24, 2.45) is 5.41 Å². The summed E-state index contributed by atoms with van der Waals surface area (Å²) in [6, 6.07) is 10.5. The van der Waals surface area contributed by atoms with Crippen molar-refractivity contribution in [2.75, 3.05) is 22.0 Å². The molecule has 0 fully saturated rings. The average Bonchev–Trinajstić information content (AvgIpc) is 2.71. The Balaban J connectivity index is 1.82. The Labute approximate surface area is 163 Å². The molecule has 0 aliphatic carbocycles. The predicted molar refractivity (Wildman–Crippen MR) is 106 cm³/mol. The quantitative estimate of drug-likeness (QED) is 0.726. The summed E-state index contributed by atoms with van der Waals surface area (Å²) < 4.78 is 33.4. The number of carbonyl (C=O) groups excluding carboxylic acids is 2. The summed E-state index contributed by atoms with van der Waals surface area (Å²) in [5, 5.41) is 5.34. The van der Waals surface area contributed by atoms with E-state index in [0.29, 0.717) is 17.1 Å². The van der Waals surface area contributed by atoms with Crippen LogP contribution in [0.25, 0.3) is 0 Å². The van der Waals surface area contributed by atoms with Gasteiger partial charge in [-0.2, -0.15) is 0 Å². The Kier molecular flexibility index (Phi) is 5.03. The number of hydrogen-bond donors (Lipinski definition) is 3. The summed E-state index contributed by atoms with van der Waals surface area (Å²) in [4.78, 5) is 23.4. The zero-order valence-corrected chi connectivity index (χ0v) is 16.5. The number of sulfonamides is 1. The van der Waals surface area contributed by atoms with Crippen LogP contribution in [-0.4, -0.2) is 26.8 Å². The van der Waals surface area contributed by atoms with Crippen LogP contribution in [-0.2, 0) is 19.6 Å². The Morgan fingerprint density at radius 3 is 2.39 bits per heavy atom. The van der Waals surface area contributed by atoms with Crippen LogP contribution < -0.4 is 20.1 Å². The van der Waals surface area contributed by atoms with E-state index in [1.807, 2.05) is 0 Å². The fourth-order valence-corrected chi connectivity index (χ4v) is 3.62. The van der Waals surface area contributed by atoms with Crippen molar-refractivity contribution < 1.29 is 22.7 Å². The molecule has 2 aromatic carbocycles. The van der Waals surface area contributed by atoms with Crippen molar-refractivity contribution in [1.82, 2.24) is 0 Å². The summed E-state index contributed by atoms with van der Waals surface area (Å²) in [5.41, 5.74) is 0.484. The Morgan fingerprint density at radius 1 is 1.11 bits per heavy atom. The van der Waals surface area contributed by atoms with E-state index in [0.717, 1.165) is 0 Å². The second kappa shape index (κ2) is 7.16. The van der Waals surface area contributed by atoms with Crippen molar-refractivity contribution in [2.45, 2.75) is 25.7 Å². The molecule has 2 aromatic rings. The van der Waals surface area contributed by atoms with Crippen LogP contribution in [0.3, 0.4) is 0 Å². The minimum atomic E-state index is -3.85. The molecule has 8 nitrogen and oxygen atoms in total. The van der Waals surface area contributed by atoms with E-state index in [9.17, 15) is 18.0 Å². The molecule has 0 saturated carbocycles. The Morgan fingerprint density at radius 2 is 1.75 bits per heavy atom. The van der Waals surface area contributed by atoms with Crippen molar-refractivity contribution in [3.05, 3.63) is 42.5 Å². The van der Waals surface area contributed by atoms with Gasteiger partial charge in [-0.15, -0.1) is 0 Å². The molecule has 0 radical (unpaired) electrons. The predicted octanol–water partition coefficient (Wildman–Crippen LogP) is 2.80. The minimum absolute atomic E-state index is 0.0398. The number of anilines is 3. The number of amides is 2. The third kappa shape index (κ3) is 4.25. The van der Waals surface area contributed by atoms with Crippen molar-refractivity contribution >= 4 is 38.9 Å². The number of benzene rings is 2. The molecule has 1 aliphatic rings. The molecule has 2 amide bonds. The molecule has 0 bridgehead atoms. The van der Waals surface area contributed by atoms with Crippen LogP contribution in [0.1, 0.15) is 20.8 Å². The first-order valence-corrected chi connectivity index (χ1v) is 10.0. The molecule has 0 unspecified atom stereocenters. The van der Waals surface area contributed by atoms with Gasteiger partial charge in [0.1, 0.15) is 12.4 Å². The molecular weight excluding hydrogens is 382 g/mol. The van der Waals surface area contributed by atoms with Crippen LogP contribution in [0.2, 0.25) is 0 Å². The van der Waals surface area contributed by atoms with Crippen molar-refractivity contribution in [3.8, 4) is 5.75 Å². The average molecular weight is 403 g/mol. The SMILES string of the molecule is CC(=O)Nc1ccc(S(=O)(=O)Nc2ccc3c(c2)NC(=O)C(C)(C)CO3)cc1. The fraction of sp³-hybridized carbons (Fsp3) is 0.263. The maximum atomic E-state index is 12.6. The summed E-state index contributed by atoms with van der Waals surface area (Å²) in [7, 11) is -3.85. The molecule has 0 saturated heterocycles. The summed E-state index contributed by atoms with van der Waals surface area (Å²) in [6.07, 6.45) is 0. The lowest BCUT2D eigenvalue weighted by molar-refractivity contribution is -0.125. The molecule has 0 aromatic heterocycles. The van der Waals surface area contributed by atoms with Gasteiger partial charge in [0.2, 0.25) is 11.8 Å². The number of hydrogen-bond acceptors (Lipinski definition) is 5. The molecule has 28 heavy (non-hydrogen) atoms. The second-order valence-corrected chi connectivity index (χ2v) is 8.83. The fourth-order valence-electron chi connectivity index (χ4n) is 2.57. The summed E-state index contributed by atoms with van der Waals surface area (Å²) in [6.45, 7) is 5.12. The van der Waals surface area contributed by atoms with Gasteiger partial charge in [0.05, 0.1) is 21.7 Å². The van der Waals surface area contributed by atoms with E-state index >= 15 is 0 Å². The van der Waals surface area contributed by atoms with E-state index in [-0.39, 0.29) is 29.0 Å². The lowest BCUT2D eigenvalue weighted by Crippen LogP contribution is -2.33. The lowest BCUT2D eigenvalue weighted by Gasteiger charge is -2.18. The first-order valence-electron chi connectivity index (χ1n) is 8.56. The van der Waals surface area contributed by atoms with E-state index in [4.69, 9.17) is 4.74 Å². The van der Waals surface area contributed by atoms with Gasteiger partial charge in [0.25, 0.3) is 10.0 Å². The third-order valence-corrected chi connectivity index (χ3v) is 5.57. The first-order chi connectivity index (χ1) is 13.1. The van der Waals surface area contributed by atoms with Gasteiger partial charge in [0, 0.05) is 12.6 Å². The topological polar surface area (TPSA) is 114 Å². The van der Waals surface area contributed by atoms with Gasteiger partial charge < -0.3 is 15.4 Å². The number of nitrogens with one attached hydrogen (secondary N) is 3. The van der Waals surface area contributed by atoms with Gasteiger partial charge >= 0.3 is 0 Å². The molecule has 148 valence electrons. The molecule has 1 aliphatic heterocycles. The van der Waals surface area contributed by atoms with Gasteiger partial charge in [0.15, 0.2) is 0 Å². The zero-order chi connectivity index (χ0) is 20.5. The number of ether oxygens (including phenoxy) is 1. The van der Waals surface area contributed by atoms with Crippen LogP contribution >= 0.6 is 0 Å². The third-order valence-electron chi connectivity index (χ3n) is 4.17. The second-order valence-electron chi connectivity index (χ2n) is 7.15. The van der Waals surface area contributed by atoms with E-state index in [1.54, 1.807) is 26.0 Å². The highest BCUT2D eigenvalue weighted by Crippen LogP contribution is 2.34. The molecular formula is C19H21N3O5S. The highest BCUT2D eigenvalue weighted by molar-refractivity contribution is 7.92. The first kappa shape index (κ1) is 19.7. The molecule has 0 atom stereocenters. The zero-order valence-electron chi connectivity index (χ0n) is 15.7. The lowest BCUT2D eigenvalue weighted by atomic mass is 9.94. The van der Waals surface area contributed by atoms with Crippen LogP contribution in [0.5, 0.6) is 5.75 Å². The van der Waals surface area contributed by atoms with E-state index in [1.165, 1.54) is 37.3 Å². The number of rotatable bonds is 4. The summed E-state index contributed by atoms with van der Waals surface area (Å²) in [5.74, 6) is 0.0208. The van der Waals surface area contributed by atoms with Crippen LogP contribution in [0.15, 0.2) is 47.4 Å². The molecule has 0 spiro atoms. The van der Waals surface area contributed by atoms with Gasteiger partial charge in [-0.25, -0.2) is 8.42 Å². The van der Waals surface area contributed by atoms with Gasteiger partial charge in [-0.05, 0) is 56.3 Å². The molecule has 9 heteroatoms. The monoisotopic (exact) mass is 403 g/mol. The number of fused-ring (bicyclic) bond motifs is 1. The number of carbonyl (C=O) groups is 2. The molecule has 3 rings (SSSR count). The molecule has 3 N–H and O–H groups in total. The van der Waals surface area contributed by atoms with Gasteiger partial charge in [-0.3, -0.25) is 14.3 Å². The highest BCUT2D eigenvalue weighted by Gasteiger charge is 2.32. The smallest absolute Gasteiger partial charge is 0.261 e. The maximum absolute atomic E-state index is 12.6. The minimum Gasteiger partial charge on any atom is -0.490 e. The Bertz CT molecular complexity index is 1030. The van der Waals surface area contributed by atoms with Gasteiger partial charge in [-0.1, -0.05) is 0 Å². The largest absolute Gasteiger partial charge is 0.490 e. The molecule has 1 heterocycles. The van der Waals surface area contributed by atoms with Crippen LogP contribution in [0.4, 0.5) is 17.1 Å². The maximum Gasteiger partial charge on any atom is 0.261 e.